The summed E-state index contributed by atoms with van der Waals surface area (Å²) in [4.78, 5) is 22.5. The van der Waals surface area contributed by atoms with Gasteiger partial charge in [0.1, 0.15) is 0 Å². The molecule has 9 nitrogen and oxygen atoms in total. The van der Waals surface area contributed by atoms with Crippen LogP contribution in [0.25, 0.3) is 0 Å². The summed E-state index contributed by atoms with van der Waals surface area (Å²) < 4.78 is 31.9. The molecule has 1 fully saturated rings. The fourth-order valence-corrected chi connectivity index (χ4v) is 4.06. The highest BCUT2D eigenvalue weighted by molar-refractivity contribution is 7.89. The Morgan fingerprint density at radius 3 is 2.41 bits per heavy atom. The molecular weight excluding hydrogens is 374 g/mol. The van der Waals surface area contributed by atoms with Gasteiger partial charge < -0.3 is 10.1 Å². The van der Waals surface area contributed by atoms with E-state index < -0.39 is 20.9 Å². The molecule has 0 spiro atoms. The van der Waals surface area contributed by atoms with Gasteiger partial charge in [-0.15, -0.1) is 0 Å². The van der Waals surface area contributed by atoms with E-state index in [1.165, 1.54) is 40.7 Å². The summed E-state index contributed by atoms with van der Waals surface area (Å²) in [5.41, 5.74) is 0.417. The summed E-state index contributed by atoms with van der Waals surface area (Å²) in [6.45, 7) is 1.25. The quantitative estimate of drug-likeness (QED) is 0.614. The van der Waals surface area contributed by atoms with Crippen LogP contribution >= 0.6 is 0 Å². The van der Waals surface area contributed by atoms with Crippen molar-refractivity contribution in [3.8, 4) is 0 Å². The van der Waals surface area contributed by atoms with Crippen molar-refractivity contribution in [2.45, 2.75) is 4.90 Å². The maximum Gasteiger partial charge on any atom is 0.269 e. The average Bonchev–Trinajstić information content (AvgIpc) is 2.69. The van der Waals surface area contributed by atoms with E-state index in [-0.39, 0.29) is 29.2 Å². The standard InChI is InChI=1S/C17H17N3O6S/c21-17(13-4-6-15(7-5-13)20(22)23)18-14-2-1-3-16(12-14)27(24,25)19-8-10-26-11-9-19/h1-7,12H,8-11H2,(H,18,21). The maximum atomic E-state index is 12.7. The van der Waals surface area contributed by atoms with Crippen molar-refractivity contribution < 1.29 is 22.9 Å². The Labute approximate surface area is 155 Å². The van der Waals surface area contributed by atoms with Gasteiger partial charge in [-0.1, -0.05) is 6.07 Å². The topological polar surface area (TPSA) is 119 Å². The summed E-state index contributed by atoms with van der Waals surface area (Å²) in [6, 6.07) is 11.1. The fraction of sp³-hybridized carbons (Fsp3) is 0.235. The minimum absolute atomic E-state index is 0.0749. The molecule has 0 aliphatic carbocycles. The number of amides is 1. The lowest BCUT2D eigenvalue weighted by atomic mass is 10.2. The number of sulfonamides is 1. The van der Waals surface area contributed by atoms with Crippen molar-refractivity contribution in [2.75, 3.05) is 31.6 Å². The first-order valence-electron chi connectivity index (χ1n) is 8.12. The van der Waals surface area contributed by atoms with Gasteiger partial charge in [0.25, 0.3) is 11.6 Å². The smallest absolute Gasteiger partial charge is 0.269 e. The molecule has 0 atom stereocenters. The first kappa shape index (κ1) is 19.0. The van der Waals surface area contributed by atoms with Crippen LogP contribution in [0.2, 0.25) is 0 Å². The number of rotatable bonds is 5. The molecule has 27 heavy (non-hydrogen) atoms. The minimum Gasteiger partial charge on any atom is -0.379 e. The van der Waals surface area contributed by atoms with Gasteiger partial charge in [0, 0.05) is 36.5 Å². The van der Waals surface area contributed by atoms with Crippen LogP contribution in [0.5, 0.6) is 0 Å². The molecule has 3 rings (SSSR count). The molecule has 0 aromatic heterocycles. The van der Waals surface area contributed by atoms with Crippen LogP contribution in [0.4, 0.5) is 11.4 Å². The first-order chi connectivity index (χ1) is 12.9. The number of nitro groups is 1. The van der Waals surface area contributed by atoms with Crippen molar-refractivity contribution in [1.82, 2.24) is 4.31 Å². The van der Waals surface area contributed by atoms with E-state index in [1.807, 2.05) is 0 Å². The molecule has 1 aliphatic rings. The second-order valence-electron chi connectivity index (χ2n) is 5.80. The van der Waals surface area contributed by atoms with E-state index in [0.717, 1.165) is 0 Å². The molecule has 0 unspecified atom stereocenters. The minimum atomic E-state index is -3.67. The van der Waals surface area contributed by atoms with E-state index in [9.17, 15) is 23.3 Å². The monoisotopic (exact) mass is 391 g/mol. The van der Waals surface area contributed by atoms with Crippen molar-refractivity contribution in [1.29, 1.82) is 0 Å². The molecule has 0 saturated carbocycles. The van der Waals surface area contributed by atoms with E-state index in [0.29, 0.717) is 18.9 Å². The molecule has 1 amide bonds. The van der Waals surface area contributed by atoms with Gasteiger partial charge in [0.15, 0.2) is 0 Å². The molecule has 2 aromatic carbocycles. The Balaban J connectivity index is 1.77. The zero-order valence-electron chi connectivity index (χ0n) is 14.2. The van der Waals surface area contributed by atoms with Crippen LogP contribution in [-0.4, -0.2) is 49.9 Å². The van der Waals surface area contributed by atoms with Crippen LogP contribution in [0.3, 0.4) is 0 Å². The fourth-order valence-electron chi connectivity index (χ4n) is 2.61. The third-order valence-corrected chi connectivity index (χ3v) is 5.93. The Hall–Kier alpha value is -2.82. The lowest BCUT2D eigenvalue weighted by Gasteiger charge is -2.26. The first-order valence-corrected chi connectivity index (χ1v) is 9.56. The number of benzene rings is 2. The largest absolute Gasteiger partial charge is 0.379 e. The Kier molecular flexibility index (Phi) is 5.49. The highest BCUT2D eigenvalue weighted by Crippen LogP contribution is 2.21. The van der Waals surface area contributed by atoms with E-state index in [2.05, 4.69) is 5.32 Å². The summed E-state index contributed by atoms with van der Waals surface area (Å²) in [7, 11) is -3.67. The number of nitrogens with one attached hydrogen (secondary N) is 1. The second kappa shape index (κ2) is 7.82. The van der Waals surface area contributed by atoms with Crippen LogP contribution in [0.1, 0.15) is 10.4 Å². The number of carbonyl (C=O) groups is 1. The van der Waals surface area contributed by atoms with E-state index >= 15 is 0 Å². The summed E-state index contributed by atoms with van der Waals surface area (Å²) >= 11 is 0. The summed E-state index contributed by atoms with van der Waals surface area (Å²) in [5.74, 6) is -0.495. The maximum absolute atomic E-state index is 12.7. The van der Waals surface area contributed by atoms with Crippen molar-refractivity contribution in [2.24, 2.45) is 0 Å². The highest BCUT2D eigenvalue weighted by Gasteiger charge is 2.26. The molecule has 1 aliphatic heterocycles. The molecule has 0 radical (unpaired) electrons. The normalized spacial score (nSPS) is 15.3. The average molecular weight is 391 g/mol. The zero-order chi connectivity index (χ0) is 19.4. The number of carbonyl (C=O) groups excluding carboxylic acids is 1. The van der Waals surface area contributed by atoms with Crippen LogP contribution < -0.4 is 5.32 Å². The van der Waals surface area contributed by atoms with Crippen molar-refractivity contribution in [3.63, 3.8) is 0 Å². The number of morpholine rings is 1. The number of hydrogen-bond donors (Lipinski definition) is 1. The Morgan fingerprint density at radius 2 is 1.78 bits per heavy atom. The van der Waals surface area contributed by atoms with Crippen LogP contribution in [0.15, 0.2) is 53.4 Å². The third kappa shape index (κ3) is 4.30. The lowest BCUT2D eigenvalue weighted by molar-refractivity contribution is -0.384. The molecule has 0 bridgehead atoms. The van der Waals surface area contributed by atoms with Gasteiger partial charge in [-0.25, -0.2) is 8.42 Å². The lowest BCUT2D eigenvalue weighted by Crippen LogP contribution is -2.40. The number of nitro benzene ring substituents is 1. The number of anilines is 1. The van der Waals surface area contributed by atoms with Gasteiger partial charge in [-0.2, -0.15) is 4.31 Å². The van der Waals surface area contributed by atoms with Gasteiger partial charge >= 0.3 is 0 Å². The molecule has 142 valence electrons. The Morgan fingerprint density at radius 1 is 1.11 bits per heavy atom. The van der Waals surface area contributed by atoms with Crippen LogP contribution in [0, 0.1) is 10.1 Å². The van der Waals surface area contributed by atoms with Crippen molar-refractivity contribution in [3.05, 3.63) is 64.2 Å². The van der Waals surface area contributed by atoms with Gasteiger partial charge in [-0.05, 0) is 30.3 Å². The van der Waals surface area contributed by atoms with Gasteiger partial charge in [-0.3, -0.25) is 14.9 Å². The summed E-state index contributed by atoms with van der Waals surface area (Å²) in [6.07, 6.45) is 0. The number of hydrogen-bond acceptors (Lipinski definition) is 6. The molecule has 1 saturated heterocycles. The molecule has 1 N–H and O–H groups in total. The van der Waals surface area contributed by atoms with Gasteiger partial charge in [0.05, 0.1) is 23.0 Å². The van der Waals surface area contributed by atoms with Gasteiger partial charge in [0.2, 0.25) is 10.0 Å². The molecule has 1 heterocycles. The highest BCUT2D eigenvalue weighted by atomic mass is 32.2. The van der Waals surface area contributed by atoms with E-state index in [1.54, 1.807) is 12.1 Å². The molecule has 2 aromatic rings. The van der Waals surface area contributed by atoms with E-state index in [4.69, 9.17) is 4.74 Å². The molecule has 10 heteroatoms. The number of non-ortho nitro benzene ring substituents is 1. The number of ether oxygens (including phenoxy) is 1. The third-order valence-electron chi connectivity index (χ3n) is 4.04. The molecular formula is C17H17N3O6S. The predicted molar refractivity (Wildman–Crippen MR) is 97.1 cm³/mol. The Bertz CT molecular complexity index is 953. The second-order valence-corrected chi connectivity index (χ2v) is 7.74. The van der Waals surface area contributed by atoms with Crippen LogP contribution in [-0.2, 0) is 14.8 Å². The summed E-state index contributed by atoms with van der Waals surface area (Å²) in [5, 5.41) is 13.3. The predicted octanol–water partition coefficient (Wildman–Crippen LogP) is 1.87. The van der Waals surface area contributed by atoms with Crippen molar-refractivity contribution >= 4 is 27.3 Å². The SMILES string of the molecule is O=C(Nc1cccc(S(=O)(=O)N2CCOCC2)c1)c1ccc([N+](=O)[O-])cc1. The number of nitrogens with zero attached hydrogens (tertiary/aromatic N) is 2. The zero-order valence-corrected chi connectivity index (χ0v) is 15.0.